The molecule has 0 radical (unpaired) electrons. The molecule has 1 unspecified atom stereocenters. The van der Waals surface area contributed by atoms with Crippen molar-refractivity contribution in [2.24, 2.45) is 11.7 Å². The lowest BCUT2D eigenvalue weighted by atomic mass is 10.1. The summed E-state index contributed by atoms with van der Waals surface area (Å²) in [6.45, 7) is 2.29. The number of amides is 1. The van der Waals surface area contributed by atoms with Gasteiger partial charge >= 0.3 is 0 Å². The highest BCUT2D eigenvalue weighted by molar-refractivity contribution is 5.94. The Morgan fingerprint density at radius 1 is 1.47 bits per heavy atom. The second-order valence-corrected chi connectivity index (χ2v) is 4.19. The lowest BCUT2D eigenvalue weighted by Gasteiger charge is -2.15. The van der Waals surface area contributed by atoms with Gasteiger partial charge < -0.3 is 11.1 Å². The third kappa shape index (κ3) is 2.97. The highest BCUT2D eigenvalue weighted by Gasteiger charge is 2.16. The number of nitrogens with two attached hydrogens (primary N) is 1. The minimum Gasteiger partial charge on any atom is -0.330 e. The molecule has 2 rings (SSSR count). The van der Waals surface area contributed by atoms with E-state index in [4.69, 9.17) is 5.73 Å². The maximum Gasteiger partial charge on any atom is 0.228 e. The van der Waals surface area contributed by atoms with Gasteiger partial charge in [-0.25, -0.2) is 4.68 Å². The van der Waals surface area contributed by atoms with E-state index >= 15 is 0 Å². The van der Waals surface area contributed by atoms with E-state index in [1.54, 1.807) is 17.1 Å². The molecule has 1 amide bonds. The van der Waals surface area contributed by atoms with Gasteiger partial charge in [0, 0.05) is 6.54 Å². The van der Waals surface area contributed by atoms with E-state index in [2.05, 4.69) is 15.6 Å². The third-order valence-electron chi connectivity index (χ3n) is 2.98. The lowest BCUT2D eigenvalue weighted by molar-refractivity contribution is -0.119. The Labute approximate surface area is 111 Å². The summed E-state index contributed by atoms with van der Waals surface area (Å²) < 4.78 is 1.61. The van der Waals surface area contributed by atoms with Crippen molar-refractivity contribution in [1.29, 1.82) is 0 Å². The van der Waals surface area contributed by atoms with Crippen LogP contribution in [0.1, 0.15) is 13.3 Å². The number of rotatable bonds is 5. The SMILES string of the molecule is CCC(CN)C(=O)Nc1ccccc1-n1ccnn1. The van der Waals surface area contributed by atoms with E-state index in [1.165, 1.54) is 0 Å². The standard InChI is InChI=1S/C13H17N5O/c1-2-10(9-14)13(19)16-11-5-3-4-6-12(11)18-8-7-15-17-18/h3-8,10H,2,9,14H2,1H3,(H,16,19). The topological polar surface area (TPSA) is 85.8 Å². The predicted molar refractivity (Wildman–Crippen MR) is 72.8 cm³/mol. The maximum atomic E-state index is 12.1. The van der Waals surface area contributed by atoms with Crippen molar-refractivity contribution in [2.75, 3.05) is 11.9 Å². The Bertz CT molecular complexity index is 534. The average molecular weight is 259 g/mol. The van der Waals surface area contributed by atoms with Crippen molar-refractivity contribution in [1.82, 2.24) is 15.0 Å². The zero-order chi connectivity index (χ0) is 13.7. The van der Waals surface area contributed by atoms with Gasteiger partial charge in [0.25, 0.3) is 0 Å². The number of hydrogen-bond acceptors (Lipinski definition) is 4. The first-order valence-corrected chi connectivity index (χ1v) is 6.23. The first-order chi connectivity index (χ1) is 9.26. The Kier molecular flexibility index (Phi) is 4.25. The summed E-state index contributed by atoms with van der Waals surface area (Å²) in [4.78, 5) is 12.1. The van der Waals surface area contributed by atoms with Gasteiger partial charge in [-0.1, -0.05) is 24.3 Å². The van der Waals surface area contributed by atoms with Crippen LogP contribution < -0.4 is 11.1 Å². The number of benzene rings is 1. The normalized spacial score (nSPS) is 12.1. The van der Waals surface area contributed by atoms with Crippen LogP contribution in [0.15, 0.2) is 36.7 Å². The lowest BCUT2D eigenvalue weighted by Crippen LogP contribution is -2.29. The average Bonchev–Trinajstić information content (AvgIpc) is 2.94. The highest BCUT2D eigenvalue weighted by Crippen LogP contribution is 2.19. The first kappa shape index (κ1) is 13.2. The number of anilines is 1. The summed E-state index contributed by atoms with van der Waals surface area (Å²) in [6, 6.07) is 7.44. The van der Waals surface area contributed by atoms with Gasteiger partial charge in [-0.05, 0) is 18.6 Å². The largest absolute Gasteiger partial charge is 0.330 e. The molecule has 1 aromatic heterocycles. The molecule has 19 heavy (non-hydrogen) atoms. The number of aromatic nitrogens is 3. The number of nitrogens with one attached hydrogen (secondary N) is 1. The molecule has 100 valence electrons. The van der Waals surface area contributed by atoms with Gasteiger partial charge in [0.15, 0.2) is 0 Å². The molecule has 0 aliphatic rings. The zero-order valence-electron chi connectivity index (χ0n) is 10.8. The van der Waals surface area contributed by atoms with Crippen molar-refractivity contribution in [3.05, 3.63) is 36.7 Å². The van der Waals surface area contributed by atoms with Crippen LogP contribution in [0, 0.1) is 5.92 Å². The van der Waals surface area contributed by atoms with Gasteiger partial charge in [-0.3, -0.25) is 4.79 Å². The molecule has 3 N–H and O–H groups in total. The maximum absolute atomic E-state index is 12.1. The van der Waals surface area contributed by atoms with E-state index in [0.717, 1.165) is 5.69 Å². The minimum atomic E-state index is -0.177. The Balaban J connectivity index is 2.24. The van der Waals surface area contributed by atoms with Crippen LogP contribution in [-0.4, -0.2) is 27.4 Å². The molecule has 2 aromatic rings. The summed E-state index contributed by atoms with van der Waals surface area (Å²) in [5, 5.41) is 10.6. The number of carbonyl (C=O) groups excluding carboxylic acids is 1. The van der Waals surface area contributed by atoms with E-state index in [0.29, 0.717) is 18.7 Å². The van der Waals surface area contributed by atoms with Gasteiger partial charge in [0.1, 0.15) is 0 Å². The molecule has 1 heterocycles. The summed E-state index contributed by atoms with van der Waals surface area (Å²) in [5.41, 5.74) is 7.06. The van der Waals surface area contributed by atoms with Crippen LogP contribution >= 0.6 is 0 Å². The van der Waals surface area contributed by atoms with Crippen molar-refractivity contribution in [3.8, 4) is 5.69 Å². The van der Waals surface area contributed by atoms with E-state index in [1.807, 2.05) is 31.2 Å². The third-order valence-corrected chi connectivity index (χ3v) is 2.98. The quantitative estimate of drug-likeness (QED) is 0.844. The summed E-state index contributed by atoms with van der Waals surface area (Å²) in [6.07, 6.45) is 4.03. The fourth-order valence-electron chi connectivity index (χ4n) is 1.81. The van der Waals surface area contributed by atoms with Gasteiger partial charge in [0.2, 0.25) is 5.91 Å². The molecule has 0 spiro atoms. The molecule has 1 atom stereocenters. The summed E-state index contributed by atoms with van der Waals surface area (Å²) in [7, 11) is 0. The van der Waals surface area contributed by atoms with Crippen LogP contribution in [0.5, 0.6) is 0 Å². The Hall–Kier alpha value is -2.21. The number of hydrogen-bond donors (Lipinski definition) is 2. The predicted octanol–water partition coefficient (Wildman–Crippen LogP) is 1.19. The molecule has 0 saturated heterocycles. The Morgan fingerprint density at radius 3 is 2.89 bits per heavy atom. The van der Waals surface area contributed by atoms with Crippen molar-refractivity contribution in [3.63, 3.8) is 0 Å². The molecule has 0 bridgehead atoms. The fourth-order valence-corrected chi connectivity index (χ4v) is 1.81. The van der Waals surface area contributed by atoms with Crippen LogP contribution in [0.4, 0.5) is 5.69 Å². The summed E-state index contributed by atoms with van der Waals surface area (Å²) in [5.74, 6) is -0.249. The molecule has 0 fully saturated rings. The van der Waals surface area contributed by atoms with Crippen molar-refractivity contribution in [2.45, 2.75) is 13.3 Å². The van der Waals surface area contributed by atoms with E-state index in [-0.39, 0.29) is 11.8 Å². The van der Waals surface area contributed by atoms with E-state index in [9.17, 15) is 4.79 Å². The van der Waals surface area contributed by atoms with E-state index < -0.39 is 0 Å². The number of para-hydroxylation sites is 2. The minimum absolute atomic E-state index is 0.0717. The van der Waals surface area contributed by atoms with Crippen molar-refractivity contribution < 1.29 is 4.79 Å². The second-order valence-electron chi connectivity index (χ2n) is 4.19. The highest BCUT2D eigenvalue weighted by atomic mass is 16.1. The zero-order valence-corrected chi connectivity index (χ0v) is 10.8. The molecule has 0 aliphatic carbocycles. The fraction of sp³-hybridized carbons (Fsp3) is 0.308. The first-order valence-electron chi connectivity index (χ1n) is 6.23. The number of nitrogens with zero attached hydrogens (tertiary/aromatic N) is 3. The van der Waals surface area contributed by atoms with Gasteiger partial charge in [0.05, 0.1) is 29.7 Å². The monoisotopic (exact) mass is 259 g/mol. The molecule has 6 heteroatoms. The van der Waals surface area contributed by atoms with Gasteiger partial charge in [-0.2, -0.15) is 0 Å². The van der Waals surface area contributed by atoms with Crippen LogP contribution in [0.3, 0.4) is 0 Å². The van der Waals surface area contributed by atoms with Gasteiger partial charge in [-0.15, -0.1) is 5.10 Å². The molecule has 6 nitrogen and oxygen atoms in total. The molecule has 0 aliphatic heterocycles. The second kappa shape index (κ2) is 6.10. The van der Waals surface area contributed by atoms with Crippen LogP contribution in [0.2, 0.25) is 0 Å². The van der Waals surface area contributed by atoms with Crippen LogP contribution in [-0.2, 0) is 4.79 Å². The Morgan fingerprint density at radius 2 is 2.26 bits per heavy atom. The van der Waals surface area contributed by atoms with Crippen molar-refractivity contribution >= 4 is 11.6 Å². The molecule has 1 aromatic carbocycles. The van der Waals surface area contributed by atoms with Crippen LogP contribution in [0.25, 0.3) is 5.69 Å². The smallest absolute Gasteiger partial charge is 0.228 e. The molecule has 0 saturated carbocycles. The summed E-state index contributed by atoms with van der Waals surface area (Å²) >= 11 is 0. The molecular weight excluding hydrogens is 242 g/mol. The molecular formula is C13H17N5O. The number of carbonyl (C=O) groups is 1.